The average Bonchev–Trinajstić information content (AvgIpc) is 3.02. The molecule has 0 bridgehead atoms. The molecule has 29 heavy (non-hydrogen) atoms. The lowest BCUT2D eigenvalue weighted by Gasteiger charge is -2.24. The van der Waals surface area contributed by atoms with Crippen molar-refractivity contribution in [3.63, 3.8) is 0 Å². The Bertz CT molecular complexity index is 1330. The zero-order chi connectivity index (χ0) is 20.1. The summed E-state index contributed by atoms with van der Waals surface area (Å²) < 4.78 is 6.62. The Balaban J connectivity index is 1.84. The molecule has 1 unspecified atom stereocenters. The lowest BCUT2D eigenvalue weighted by molar-refractivity contribution is 0.0970. The van der Waals surface area contributed by atoms with Crippen LogP contribution < -0.4 is 10.3 Å². The van der Waals surface area contributed by atoms with Crippen molar-refractivity contribution in [1.82, 2.24) is 4.98 Å². The van der Waals surface area contributed by atoms with Crippen molar-refractivity contribution in [2.45, 2.75) is 6.04 Å². The standard InChI is InChI=1S/C22H13BrN2O4/c23-13-7-8-16-15(11-13)20(27)18-19(12-4-3-5-14(26)10-12)25(22(28)21(18)29-16)17-6-1-2-9-24-17/h1-11,19,26H. The third kappa shape index (κ3) is 2.74. The molecule has 7 heteroatoms. The monoisotopic (exact) mass is 448 g/mol. The van der Waals surface area contributed by atoms with Gasteiger partial charge in [-0.2, -0.15) is 0 Å². The molecule has 4 aromatic rings. The van der Waals surface area contributed by atoms with Gasteiger partial charge in [-0.25, -0.2) is 4.98 Å². The molecule has 1 aliphatic rings. The lowest BCUT2D eigenvalue weighted by Crippen LogP contribution is -2.30. The first-order valence-corrected chi connectivity index (χ1v) is 9.63. The van der Waals surface area contributed by atoms with Crippen LogP contribution in [-0.4, -0.2) is 16.0 Å². The summed E-state index contributed by atoms with van der Waals surface area (Å²) in [5, 5.41) is 10.4. The van der Waals surface area contributed by atoms with E-state index >= 15 is 0 Å². The number of phenols is 1. The minimum Gasteiger partial charge on any atom is -0.508 e. The molecular weight excluding hydrogens is 436 g/mol. The summed E-state index contributed by atoms with van der Waals surface area (Å²) in [6, 6.07) is 16.0. The highest BCUT2D eigenvalue weighted by molar-refractivity contribution is 9.10. The lowest BCUT2D eigenvalue weighted by atomic mass is 9.98. The largest absolute Gasteiger partial charge is 0.508 e. The van der Waals surface area contributed by atoms with E-state index in [1.54, 1.807) is 54.7 Å². The summed E-state index contributed by atoms with van der Waals surface area (Å²) >= 11 is 3.38. The predicted octanol–water partition coefficient (Wildman–Crippen LogP) is 4.41. The Morgan fingerprint density at radius 3 is 2.66 bits per heavy atom. The zero-order valence-electron chi connectivity index (χ0n) is 14.9. The highest BCUT2D eigenvalue weighted by Crippen LogP contribution is 2.41. The third-order valence-electron chi connectivity index (χ3n) is 4.91. The van der Waals surface area contributed by atoms with Crippen LogP contribution in [0.5, 0.6) is 5.75 Å². The van der Waals surface area contributed by atoms with Gasteiger partial charge < -0.3 is 9.52 Å². The minimum absolute atomic E-state index is 0.0104. The summed E-state index contributed by atoms with van der Waals surface area (Å²) in [7, 11) is 0. The van der Waals surface area contributed by atoms with E-state index in [9.17, 15) is 14.7 Å². The maximum Gasteiger partial charge on any atom is 0.296 e. The molecule has 1 aliphatic heterocycles. The molecule has 0 saturated heterocycles. The molecule has 2 aromatic heterocycles. The Hall–Kier alpha value is -3.45. The quantitative estimate of drug-likeness (QED) is 0.491. The fourth-order valence-corrected chi connectivity index (χ4v) is 4.05. The van der Waals surface area contributed by atoms with E-state index in [2.05, 4.69) is 20.9 Å². The number of halogens is 1. The van der Waals surface area contributed by atoms with E-state index in [1.165, 1.54) is 17.0 Å². The molecule has 5 rings (SSSR count). The van der Waals surface area contributed by atoms with E-state index in [0.717, 1.165) is 4.47 Å². The second-order valence-corrected chi connectivity index (χ2v) is 7.59. The van der Waals surface area contributed by atoms with Crippen molar-refractivity contribution < 1.29 is 14.3 Å². The van der Waals surface area contributed by atoms with Gasteiger partial charge >= 0.3 is 0 Å². The number of carbonyl (C=O) groups is 1. The van der Waals surface area contributed by atoms with Gasteiger partial charge in [0.15, 0.2) is 5.43 Å². The summed E-state index contributed by atoms with van der Waals surface area (Å²) in [4.78, 5) is 32.5. The van der Waals surface area contributed by atoms with Crippen LogP contribution in [0, 0.1) is 0 Å². The van der Waals surface area contributed by atoms with Gasteiger partial charge in [0.05, 0.1) is 17.0 Å². The van der Waals surface area contributed by atoms with Crippen LogP contribution >= 0.6 is 15.9 Å². The number of hydrogen-bond acceptors (Lipinski definition) is 5. The number of nitrogens with zero attached hydrogens (tertiary/aromatic N) is 2. The zero-order valence-corrected chi connectivity index (χ0v) is 16.5. The van der Waals surface area contributed by atoms with Crippen LogP contribution in [-0.2, 0) is 0 Å². The molecular formula is C22H13BrN2O4. The van der Waals surface area contributed by atoms with Gasteiger partial charge in [-0.1, -0.05) is 34.1 Å². The summed E-state index contributed by atoms with van der Waals surface area (Å²) in [6.07, 6.45) is 1.58. The van der Waals surface area contributed by atoms with Gasteiger partial charge in [-0.05, 0) is 48.0 Å². The van der Waals surface area contributed by atoms with Crippen LogP contribution in [0.1, 0.15) is 27.7 Å². The number of amides is 1. The number of carbonyl (C=O) groups excluding carboxylic acids is 1. The first-order chi connectivity index (χ1) is 14.0. The van der Waals surface area contributed by atoms with Crippen LogP contribution in [0.2, 0.25) is 0 Å². The Morgan fingerprint density at radius 2 is 1.90 bits per heavy atom. The summed E-state index contributed by atoms with van der Waals surface area (Å²) in [6.45, 7) is 0. The van der Waals surface area contributed by atoms with Gasteiger partial charge in [-0.15, -0.1) is 0 Å². The number of anilines is 1. The highest BCUT2D eigenvalue weighted by atomic mass is 79.9. The van der Waals surface area contributed by atoms with Gasteiger partial charge in [0.1, 0.15) is 17.2 Å². The van der Waals surface area contributed by atoms with Crippen molar-refractivity contribution in [3.8, 4) is 5.75 Å². The van der Waals surface area contributed by atoms with Crippen LogP contribution in [0.25, 0.3) is 11.0 Å². The van der Waals surface area contributed by atoms with Gasteiger partial charge in [0.25, 0.3) is 5.91 Å². The highest BCUT2D eigenvalue weighted by Gasteiger charge is 2.44. The first kappa shape index (κ1) is 17.6. The summed E-state index contributed by atoms with van der Waals surface area (Å²) in [5.41, 5.74) is 0.867. The SMILES string of the molecule is O=C1c2oc3ccc(Br)cc3c(=O)c2C(c2cccc(O)c2)N1c1ccccn1. The van der Waals surface area contributed by atoms with Crippen LogP contribution in [0.3, 0.4) is 0 Å². The fourth-order valence-electron chi connectivity index (χ4n) is 3.69. The van der Waals surface area contributed by atoms with Crippen LogP contribution in [0.4, 0.5) is 5.82 Å². The van der Waals surface area contributed by atoms with E-state index < -0.39 is 11.9 Å². The van der Waals surface area contributed by atoms with E-state index in [0.29, 0.717) is 22.4 Å². The molecule has 1 N–H and O–H groups in total. The number of hydrogen-bond donors (Lipinski definition) is 1. The molecule has 0 spiro atoms. The number of benzene rings is 2. The smallest absolute Gasteiger partial charge is 0.296 e. The molecule has 0 aliphatic carbocycles. The number of phenolic OH excluding ortho intramolecular Hbond substituents is 1. The maximum atomic E-state index is 13.4. The topological polar surface area (TPSA) is 83.6 Å². The van der Waals surface area contributed by atoms with Crippen molar-refractivity contribution in [1.29, 1.82) is 0 Å². The molecule has 3 heterocycles. The molecule has 2 aromatic carbocycles. The number of fused-ring (bicyclic) bond motifs is 2. The second kappa shape index (κ2) is 6.56. The summed E-state index contributed by atoms with van der Waals surface area (Å²) in [5.74, 6) is -0.0306. The number of aromatic hydroxyl groups is 1. The maximum absolute atomic E-state index is 13.4. The number of aromatic nitrogens is 1. The third-order valence-corrected chi connectivity index (χ3v) is 5.41. The Labute approximate surface area is 173 Å². The first-order valence-electron chi connectivity index (χ1n) is 8.84. The Morgan fingerprint density at radius 1 is 1.03 bits per heavy atom. The average molecular weight is 449 g/mol. The van der Waals surface area contributed by atoms with Crippen molar-refractivity contribution >= 4 is 38.6 Å². The molecule has 1 amide bonds. The van der Waals surface area contributed by atoms with Crippen molar-refractivity contribution in [3.05, 3.63) is 98.4 Å². The Kier molecular flexibility index (Phi) is 3.99. The molecule has 1 atom stereocenters. The van der Waals surface area contributed by atoms with E-state index in [-0.39, 0.29) is 22.5 Å². The minimum atomic E-state index is -0.765. The van der Waals surface area contributed by atoms with Gasteiger partial charge in [0, 0.05) is 10.7 Å². The van der Waals surface area contributed by atoms with Crippen molar-refractivity contribution in [2.75, 3.05) is 4.90 Å². The molecule has 6 nitrogen and oxygen atoms in total. The molecule has 142 valence electrons. The molecule has 0 saturated carbocycles. The fraction of sp³-hybridized carbons (Fsp3) is 0.0455. The normalized spacial score (nSPS) is 15.7. The van der Waals surface area contributed by atoms with Gasteiger partial charge in [-0.3, -0.25) is 14.5 Å². The van der Waals surface area contributed by atoms with Crippen molar-refractivity contribution in [2.24, 2.45) is 0 Å². The molecule has 0 fully saturated rings. The number of rotatable bonds is 2. The second-order valence-electron chi connectivity index (χ2n) is 6.68. The van der Waals surface area contributed by atoms with E-state index in [4.69, 9.17) is 4.42 Å². The predicted molar refractivity (Wildman–Crippen MR) is 111 cm³/mol. The molecule has 0 radical (unpaired) electrons. The van der Waals surface area contributed by atoms with Crippen LogP contribution in [0.15, 0.2) is 80.5 Å². The van der Waals surface area contributed by atoms with Gasteiger partial charge in [0.2, 0.25) is 5.76 Å². The number of pyridine rings is 1. The van der Waals surface area contributed by atoms with E-state index in [1.807, 2.05) is 0 Å².